The van der Waals surface area contributed by atoms with Crippen LogP contribution in [-0.4, -0.2) is 8.42 Å². The van der Waals surface area contributed by atoms with Crippen molar-refractivity contribution in [3.05, 3.63) is 72.5 Å². The SMILES string of the molecule is O=S(=O)(Oc1ccc2ccccc2c1)c1ccc(F)cc1. The van der Waals surface area contributed by atoms with Crippen LogP contribution in [0.5, 0.6) is 5.75 Å². The summed E-state index contributed by atoms with van der Waals surface area (Å²) in [5, 5.41) is 1.87. The summed E-state index contributed by atoms with van der Waals surface area (Å²) < 4.78 is 42.1. The summed E-state index contributed by atoms with van der Waals surface area (Å²) in [7, 11) is -3.97. The van der Waals surface area contributed by atoms with Gasteiger partial charge in [0.2, 0.25) is 0 Å². The van der Waals surface area contributed by atoms with E-state index in [9.17, 15) is 12.8 Å². The van der Waals surface area contributed by atoms with Crippen molar-refractivity contribution in [1.29, 1.82) is 0 Å². The van der Waals surface area contributed by atoms with Gasteiger partial charge >= 0.3 is 10.1 Å². The van der Waals surface area contributed by atoms with Gasteiger partial charge in [-0.3, -0.25) is 0 Å². The molecule has 0 heterocycles. The van der Waals surface area contributed by atoms with Gasteiger partial charge in [0.25, 0.3) is 0 Å². The molecule has 3 nitrogen and oxygen atoms in total. The number of halogens is 1. The Bertz CT molecular complexity index is 887. The Morgan fingerprint density at radius 3 is 2.19 bits per heavy atom. The van der Waals surface area contributed by atoms with E-state index in [1.54, 1.807) is 18.2 Å². The van der Waals surface area contributed by atoms with Crippen molar-refractivity contribution in [1.82, 2.24) is 0 Å². The van der Waals surface area contributed by atoms with Crippen molar-refractivity contribution >= 4 is 20.9 Å². The minimum atomic E-state index is -3.97. The summed E-state index contributed by atoms with van der Waals surface area (Å²) in [5.74, 6) is -0.280. The number of rotatable bonds is 3. The van der Waals surface area contributed by atoms with Crippen LogP contribution in [0.4, 0.5) is 4.39 Å². The Labute approximate surface area is 121 Å². The molecule has 0 aromatic heterocycles. The molecule has 0 amide bonds. The van der Waals surface area contributed by atoms with E-state index in [4.69, 9.17) is 4.18 Å². The molecule has 0 saturated heterocycles. The van der Waals surface area contributed by atoms with Crippen molar-refractivity contribution < 1.29 is 17.0 Å². The van der Waals surface area contributed by atoms with Crippen LogP contribution in [0.15, 0.2) is 71.6 Å². The van der Waals surface area contributed by atoms with Crippen LogP contribution in [0.1, 0.15) is 0 Å². The standard InChI is InChI=1S/C16H11FO3S/c17-14-6-9-16(10-7-14)21(18,19)20-15-8-5-12-3-1-2-4-13(12)11-15/h1-11H. The predicted molar refractivity (Wildman–Crippen MR) is 78.2 cm³/mol. The average Bonchev–Trinajstić information content (AvgIpc) is 2.47. The Morgan fingerprint density at radius 1 is 0.810 bits per heavy atom. The maximum atomic E-state index is 12.8. The Kier molecular flexibility index (Phi) is 3.35. The lowest BCUT2D eigenvalue weighted by atomic mass is 10.1. The average molecular weight is 302 g/mol. The van der Waals surface area contributed by atoms with E-state index < -0.39 is 15.9 Å². The molecule has 0 aliphatic heterocycles. The van der Waals surface area contributed by atoms with Crippen LogP contribution >= 0.6 is 0 Å². The van der Waals surface area contributed by atoms with Gasteiger partial charge in [0, 0.05) is 0 Å². The molecule has 0 atom stereocenters. The second kappa shape index (κ2) is 5.18. The third-order valence-electron chi connectivity index (χ3n) is 3.03. The summed E-state index contributed by atoms with van der Waals surface area (Å²) in [6, 6.07) is 17.1. The molecular weight excluding hydrogens is 291 g/mol. The Balaban J connectivity index is 1.95. The number of fused-ring (bicyclic) bond motifs is 1. The molecule has 0 aliphatic carbocycles. The molecule has 3 rings (SSSR count). The first-order chi connectivity index (χ1) is 10.0. The van der Waals surface area contributed by atoms with Crippen molar-refractivity contribution in [3.63, 3.8) is 0 Å². The maximum Gasteiger partial charge on any atom is 0.339 e. The molecule has 0 N–H and O–H groups in total. The third-order valence-corrected chi connectivity index (χ3v) is 4.29. The highest BCUT2D eigenvalue weighted by Crippen LogP contribution is 2.23. The van der Waals surface area contributed by atoms with Crippen LogP contribution < -0.4 is 4.18 Å². The van der Waals surface area contributed by atoms with Crippen molar-refractivity contribution in [2.24, 2.45) is 0 Å². The van der Waals surface area contributed by atoms with E-state index in [2.05, 4.69) is 0 Å². The molecule has 0 fully saturated rings. The molecule has 0 spiro atoms. The summed E-state index contributed by atoms with van der Waals surface area (Å²) in [6.07, 6.45) is 0. The van der Waals surface area contributed by atoms with Gasteiger partial charge in [0.05, 0.1) is 0 Å². The molecule has 3 aromatic carbocycles. The quantitative estimate of drug-likeness (QED) is 0.692. The molecule has 5 heteroatoms. The van der Waals surface area contributed by atoms with Crippen LogP contribution in [0, 0.1) is 5.82 Å². The topological polar surface area (TPSA) is 43.4 Å². The zero-order valence-electron chi connectivity index (χ0n) is 10.9. The van der Waals surface area contributed by atoms with Crippen LogP contribution in [0.3, 0.4) is 0 Å². The van der Waals surface area contributed by atoms with Gasteiger partial charge in [-0.1, -0.05) is 30.3 Å². The zero-order chi connectivity index (χ0) is 14.9. The van der Waals surface area contributed by atoms with E-state index in [0.717, 1.165) is 22.9 Å². The van der Waals surface area contributed by atoms with Crippen LogP contribution in [-0.2, 0) is 10.1 Å². The van der Waals surface area contributed by atoms with Gasteiger partial charge in [-0.15, -0.1) is 0 Å². The van der Waals surface area contributed by atoms with E-state index >= 15 is 0 Å². The summed E-state index contributed by atoms with van der Waals surface area (Å²) in [5.41, 5.74) is 0. The summed E-state index contributed by atoms with van der Waals surface area (Å²) >= 11 is 0. The summed E-state index contributed by atoms with van der Waals surface area (Å²) in [6.45, 7) is 0. The first kappa shape index (κ1) is 13.6. The molecule has 3 aromatic rings. The second-order valence-corrected chi connectivity index (χ2v) is 6.05. The predicted octanol–water partition coefficient (Wildman–Crippen LogP) is 3.75. The molecular formula is C16H11FO3S. The van der Waals surface area contributed by atoms with Crippen LogP contribution in [0.2, 0.25) is 0 Å². The normalized spacial score (nSPS) is 11.5. The van der Waals surface area contributed by atoms with Crippen molar-refractivity contribution in [2.75, 3.05) is 0 Å². The van der Waals surface area contributed by atoms with Crippen molar-refractivity contribution in [2.45, 2.75) is 4.90 Å². The minimum absolute atomic E-state index is 0.0861. The van der Waals surface area contributed by atoms with Gasteiger partial charge in [0.1, 0.15) is 16.5 Å². The third kappa shape index (κ3) is 2.87. The number of hydrogen-bond acceptors (Lipinski definition) is 3. The molecule has 0 saturated carbocycles. The first-order valence-electron chi connectivity index (χ1n) is 6.23. The van der Waals surface area contributed by atoms with E-state index in [0.29, 0.717) is 0 Å². The lowest BCUT2D eigenvalue weighted by molar-refractivity contribution is 0.486. The molecule has 0 unspecified atom stereocenters. The highest BCUT2D eigenvalue weighted by Gasteiger charge is 2.16. The molecule has 0 radical (unpaired) electrons. The largest absolute Gasteiger partial charge is 0.379 e. The van der Waals surface area contributed by atoms with Gasteiger partial charge < -0.3 is 4.18 Å². The van der Waals surface area contributed by atoms with Gasteiger partial charge in [-0.25, -0.2) is 4.39 Å². The fourth-order valence-corrected chi connectivity index (χ4v) is 2.92. The minimum Gasteiger partial charge on any atom is -0.379 e. The van der Waals surface area contributed by atoms with Crippen molar-refractivity contribution in [3.8, 4) is 5.75 Å². The molecule has 106 valence electrons. The lowest BCUT2D eigenvalue weighted by Gasteiger charge is -2.08. The van der Waals surface area contributed by atoms with Crippen LogP contribution in [0.25, 0.3) is 10.8 Å². The van der Waals surface area contributed by atoms with Gasteiger partial charge in [-0.05, 0) is 47.2 Å². The molecule has 0 aliphatic rings. The maximum absolute atomic E-state index is 12.8. The van der Waals surface area contributed by atoms with E-state index in [-0.39, 0.29) is 10.6 Å². The Hall–Kier alpha value is -2.40. The molecule has 21 heavy (non-hydrogen) atoms. The smallest absolute Gasteiger partial charge is 0.339 e. The van der Waals surface area contributed by atoms with Gasteiger partial charge in [-0.2, -0.15) is 8.42 Å². The lowest BCUT2D eigenvalue weighted by Crippen LogP contribution is -2.09. The Morgan fingerprint density at radius 2 is 1.48 bits per heavy atom. The first-order valence-corrected chi connectivity index (χ1v) is 7.64. The zero-order valence-corrected chi connectivity index (χ0v) is 11.7. The highest BCUT2D eigenvalue weighted by molar-refractivity contribution is 7.87. The fraction of sp³-hybridized carbons (Fsp3) is 0. The fourth-order valence-electron chi connectivity index (χ4n) is 2.00. The van der Waals surface area contributed by atoms with E-state index in [1.807, 2.05) is 24.3 Å². The van der Waals surface area contributed by atoms with E-state index in [1.165, 1.54) is 12.1 Å². The highest BCUT2D eigenvalue weighted by atomic mass is 32.2. The molecule has 0 bridgehead atoms. The summed E-state index contributed by atoms with van der Waals surface area (Å²) in [4.78, 5) is -0.0861. The number of hydrogen-bond donors (Lipinski definition) is 0. The number of benzene rings is 3. The second-order valence-electron chi connectivity index (χ2n) is 4.50. The monoisotopic (exact) mass is 302 g/mol. The van der Waals surface area contributed by atoms with Gasteiger partial charge in [0.15, 0.2) is 0 Å².